The van der Waals surface area contributed by atoms with Crippen molar-refractivity contribution in [2.45, 2.75) is 38.0 Å². The van der Waals surface area contributed by atoms with Crippen LogP contribution in [-0.4, -0.2) is 16.9 Å². The summed E-state index contributed by atoms with van der Waals surface area (Å²) in [6.07, 6.45) is 4.55. The number of alkyl halides is 1. The van der Waals surface area contributed by atoms with Gasteiger partial charge >= 0.3 is 0 Å². The largest absolute Gasteiger partial charge is 0.369 e. The number of halogens is 1. The molecular formula is C12H17ClN2. The molecule has 0 spiro atoms. The molecular weight excluding hydrogens is 208 g/mol. The highest BCUT2D eigenvalue weighted by Crippen LogP contribution is 2.21. The Kier molecular flexibility index (Phi) is 3.47. The fraction of sp³-hybridized carbons (Fsp3) is 0.583. The Hall–Kier alpha value is -0.760. The van der Waals surface area contributed by atoms with Crippen molar-refractivity contribution in [3.63, 3.8) is 0 Å². The molecule has 1 atom stereocenters. The van der Waals surface area contributed by atoms with E-state index in [-0.39, 0.29) is 5.38 Å². The summed E-state index contributed by atoms with van der Waals surface area (Å²) in [7, 11) is 0. The lowest BCUT2D eigenvalue weighted by molar-refractivity contribution is 0.838. The number of hydrogen-bond acceptors (Lipinski definition) is 2. The fourth-order valence-electron chi connectivity index (χ4n) is 1.88. The molecule has 2 nitrogen and oxygen atoms in total. The van der Waals surface area contributed by atoms with E-state index in [1.807, 2.05) is 0 Å². The summed E-state index contributed by atoms with van der Waals surface area (Å²) in [4.78, 5) is 4.59. The number of aromatic nitrogens is 1. The van der Waals surface area contributed by atoms with Crippen LogP contribution >= 0.6 is 11.6 Å². The Morgan fingerprint density at radius 2 is 2.33 bits per heavy atom. The first-order valence-corrected chi connectivity index (χ1v) is 6.10. The van der Waals surface area contributed by atoms with Crippen molar-refractivity contribution >= 4 is 17.4 Å². The number of pyridine rings is 1. The van der Waals surface area contributed by atoms with E-state index in [0.717, 1.165) is 25.2 Å². The highest BCUT2D eigenvalue weighted by atomic mass is 35.5. The summed E-state index contributed by atoms with van der Waals surface area (Å²) in [6, 6.07) is 4.25. The molecule has 82 valence electrons. The SMILES string of the molecule is CCC(Cl)CNc1ccc2c(n1)CCC2. The first kappa shape index (κ1) is 10.7. The molecule has 0 fully saturated rings. The van der Waals surface area contributed by atoms with Crippen LogP contribution in [0.3, 0.4) is 0 Å². The fourth-order valence-corrected chi connectivity index (χ4v) is 1.96. The Morgan fingerprint density at radius 3 is 3.13 bits per heavy atom. The molecule has 1 aliphatic carbocycles. The van der Waals surface area contributed by atoms with Crippen molar-refractivity contribution < 1.29 is 0 Å². The normalized spacial score (nSPS) is 16.1. The van der Waals surface area contributed by atoms with Gasteiger partial charge in [0.1, 0.15) is 5.82 Å². The van der Waals surface area contributed by atoms with Crippen LogP contribution in [0.5, 0.6) is 0 Å². The van der Waals surface area contributed by atoms with E-state index in [1.165, 1.54) is 24.1 Å². The van der Waals surface area contributed by atoms with Crippen LogP contribution < -0.4 is 5.32 Å². The topological polar surface area (TPSA) is 24.9 Å². The van der Waals surface area contributed by atoms with Crippen LogP contribution in [0.25, 0.3) is 0 Å². The molecule has 0 bridgehead atoms. The van der Waals surface area contributed by atoms with E-state index in [9.17, 15) is 0 Å². The van der Waals surface area contributed by atoms with Gasteiger partial charge in [0, 0.05) is 12.2 Å². The van der Waals surface area contributed by atoms with E-state index in [2.05, 4.69) is 29.4 Å². The van der Waals surface area contributed by atoms with Gasteiger partial charge in [0.15, 0.2) is 0 Å². The molecule has 1 aromatic rings. The zero-order valence-electron chi connectivity index (χ0n) is 9.09. The third kappa shape index (κ3) is 2.63. The number of fused-ring (bicyclic) bond motifs is 1. The van der Waals surface area contributed by atoms with E-state index >= 15 is 0 Å². The number of nitrogens with one attached hydrogen (secondary N) is 1. The van der Waals surface area contributed by atoms with Gasteiger partial charge in [-0.05, 0) is 37.3 Å². The molecule has 0 radical (unpaired) electrons. The highest BCUT2D eigenvalue weighted by molar-refractivity contribution is 6.20. The smallest absolute Gasteiger partial charge is 0.126 e. The number of rotatable bonds is 4. The average Bonchev–Trinajstić information content (AvgIpc) is 2.72. The molecule has 0 aliphatic heterocycles. The van der Waals surface area contributed by atoms with Crippen LogP contribution in [0.15, 0.2) is 12.1 Å². The third-order valence-corrected chi connectivity index (χ3v) is 3.34. The Balaban J connectivity index is 1.98. The predicted octanol–water partition coefficient (Wildman–Crippen LogP) is 3.00. The molecule has 2 rings (SSSR count). The number of nitrogens with zero attached hydrogens (tertiary/aromatic N) is 1. The quantitative estimate of drug-likeness (QED) is 0.796. The molecule has 1 aromatic heterocycles. The van der Waals surface area contributed by atoms with Crippen molar-refractivity contribution in [3.05, 3.63) is 23.4 Å². The summed E-state index contributed by atoms with van der Waals surface area (Å²) in [5, 5.41) is 3.48. The summed E-state index contributed by atoms with van der Waals surface area (Å²) in [5.74, 6) is 0.967. The summed E-state index contributed by atoms with van der Waals surface area (Å²) >= 11 is 6.04. The van der Waals surface area contributed by atoms with Gasteiger partial charge in [0.05, 0.1) is 5.38 Å². The maximum Gasteiger partial charge on any atom is 0.126 e. The van der Waals surface area contributed by atoms with E-state index in [1.54, 1.807) is 0 Å². The lowest BCUT2D eigenvalue weighted by Gasteiger charge is -2.10. The van der Waals surface area contributed by atoms with Gasteiger partial charge in [0.2, 0.25) is 0 Å². The Labute approximate surface area is 96.1 Å². The number of aryl methyl sites for hydroxylation is 2. The monoisotopic (exact) mass is 224 g/mol. The van der Waals surface area contributed by atoms with Crippen molar-refractivity contribution in [1.29, 1.82) is 0 Å². The van der Waals surface area contributed by atoms with E-state index in [0.29, 0.717) is 0 Å². The second kappa shape index (κ2) is 4.84. The van der Waals surface area contributed by atoms with Crippen molar-refractivity contribution in [2.75, 3.05) is 11.9 Å². The highest BCUT2D eigenvalue weighted by Gasteiger charge is 2.12. The second-order valence-electron chi connectivity index (χ2n) is 4.04. The molecule has 1 heterocycles. The maximum atomic E-state index is 6.04. The molecule has 0 aromatic carbocycles. The van der Waals surface area contributed by atoms with Crippen LogP contribution in [0, 0.1) is 0 Å². The summed E-state index contributed by atoms with van der Waals surface area (Å²) in [5.41, 5.74) is 2.68. The standard InChI is InChI=1S/C12H17ClN2/c1-2-10(13)8-14-12-7-6-9-4-3-5-11(9)15-12/h6-7,10H,2-5,8H2,1H3,(H,14,15). The van der Waals surface area contributed by atoms with Gasteiger partial charge in [-0.2, -0.15) is 0 Å². The van der Waals surface area contributed by atoms with E-state index in [4.69, 9.17) is 11.6 Å². The first-order chi connectivity index (χ1) is 7.29. The van der Waals surface area contributed by atoms with Crippen LogP contribution in [0.4, 0.5) is 5.82 Å². The summed E-state index contributed by atoms with van der Waals surface area (Å²) in [6.45, 7) is 2.89. The minimum atomic E-state index is 0.194. The molecule has 0 saturated carbocycles. The average molecular weight is 225 g/mol. The Morgan fingerprint density at radius 1 is 1.47 bits per heavy atom. The molecule has 0 saturated heterocycles. The zero-order chi connectivity index (χ0) is 10.7. The third-order valence-electron chi connectivity index (χ3n) is 2.88. The van der Waals surface area contributed by atoms with Crippen molar-refractivity contribution in [1.82, 2.24) is 4.98 Å². The van der Waals surface area contributed by atoms with Crippen LogP contribution in [-0.2, 0) is 12.8 Å². The number of anilines is 1. The first-order valence-electron chi connectivity index (χ1n) is 5.66. The second-order valence-corrected chi connectivity index (χ2v) is 4.66. The van der Waals surface area contributed by atoms with Gasteiger partial charge in [-0.3, -0.25) is 0 Å². The molecule has 1 N–H and O–H groups in total. The predicted molar refractivity (Wildman–Crippen MR) is 64.7 cm³/mol. The summed E-state index contributed by atoms with van der Waals surface area (Å²) < 4.78 is 0. The molecule has 1 aliphatic rings. The lowest BCUT2D eigenvalue weighted by Crippen LogP contribution is -2.14. The van der Waals surface area contributed by atoms with Gasteiger partial charge in [-0.1, -0.05) is 13.0 Å². The minimum Gasteiger partial charge on any atom is -0.369 e. The van der Waals surface area contributed by atoms with Gasteiger partial charge in [-0.25, -0.2) is 4.98 Å². The maximum absolute atomic E-state index is 6.04. The van der Waals surface area contributed by atoms with Gasteiger partial charge in [-0.15, -0.1) is 11.6 Å². The Bertz CT molecular complexity index is 338. The van der Waals surface area contributed by atoms with Gasteiger partial charge in [0.25, 0.3) is 0 Å². The van der Waals surface area contributed by atoms with Crippen LogP contribution in [0.2, 0.25) is 0 Å². The van der Waals surface area contributed by atoms with Crippen molar-refractivity contribution in [2.24, 2.45) is 0 Å². The van der Waals surface area contributed by atoms with Crippen molar-refractivity contribution in [3.8, 4) is 0 Å². The van der Waals surface area contributed by atoms with Crippen LogP contribution in [0.1, 0.15) is 31.0 Å². The molecule has 15 heavy (non-hydrogen) atoms. The minimum absolute atomic E-state index is 0.194. The van der Waals surface area contributed by atoms with E-state index < -0.39 is 0 Å². The zero-order valence-corrected chi connectivity index (χ0v) is 9.85. The molecule has 3 heteroatoms. The molecule has 0 amide bonds. The molecule has 1 unspecified atom stereocenters. The lowest BCUT2D eigenvalue weighted by atomic mass is 10.2. The number of hydrogen-bond donors (Lipinski definition) is 1. The van der Waals surface area contributed by atoms with Gasteiger partial charge < -0.3 is 5.32 Å².